The van der Waals surface area contributed by atoms with Crippen molar-refractivity contribution in [3.05, 3.63) is 0 Å². The molecule has 2 heterocycles. The first-order chi connectivity index (χ1) is 10.3. The SMILES string of the molecule is CCS(=O)(=O)N1CCOCC2(CC(CN(C)C(C)C)CO2)C1. The third kappa shape index (κ3) is 4.20. The maximum Gasteiger partial charge on any atom is 0.214 e. The molecule has 2 fully saturated rings. The van der Waals surface area contributed by atoms with Gasteiger partial charge in [0.15, 0.2) is 0 Å². The van der Waals surface area contributed by atoms with Gasteiger partial charge in [0.05, 0.1) is 25.6 Å². The van der Waals surface area contributed by atoms with Crippen molar-refractivity contribution in [1.29, 1.82) is 0 Å². The van der Waals surface area contributed by atoms with Gasteiger partial charge in [-0.15, -0.1) is 0 Å². The summed E-state index contributed by atoms with van der Waals surface area (Å²) >= 11 is 0. The van der Waals surface area contributed by atoms with Crippen LogP contribution >= 0.6 is 0 Å². The van der Waals surface area contributed by atoms with Crippen LogP contribution in [0.1, 0.15) is 27.2 Å². The second-order valence-electron chi connectivity index (χ2n) is 6.88. The maximum absolute atomic E-state index is 12.2. The van der Waals surface area contributed by atoms with E-state index in [-0.39, 0.29) is 5.75 Å². The predicted molar refractivity (Wildman–Crippen MR) is 86.4 cm³/mol. The lowest BCUT2D eigenvalue weighted by Crippen LogP contribution is -2.46. The molecule has 2 unspecified atom stereocenters. The lowest BCUT2D eigenvalue weighted by atomic mass is 9.94. The number of rotatable bonds is 5. The summed E-state index contributed by atoms with van der Waals surface area (Å²) in [5.74, 6) is 0.558. The van der Waals surface area contributed by atoms with Gasteiger partial charge in [0.2, 0.25) is 10.0 Å². The molecule has 6 nitrogen and oxygen atoms in total. The van der Waals surface area contributed by atoms with E-state index in [1.54, 1.807) is 11.2 Å². The second kappa shape index (κ2) is 7.13. The van der Waals surface area contributed by atoms with Gasteiger partial charge in [0.25, 0.3) is 0 Å². The molecule has 0 amide bonds. The van der Waals surface area contributed by atoms with Crippen molar-refractivity contribution in [3.8, 4) is 0 Å². The van der Waals surface area contributed by atoms with Gasteiger partial charge in [0, 0.05) is 25.7 Å². The first-order valence-corrected chi connectivity index (χ1v) is 9.79. The van der Waals surface area contributed by atoms with Crippen molar-refractivity contribution in [1.82, 2.24) is 9.21 Å². The van der Waals surface area contributed by atoms with Gasteiger partial charge in [0.1, 0.15) is 5.60 Å². The van der Waals surface area contributed by atoms with Crippen molar-refractivity contribution in [2.75, 3.05) is 52.3 Å². The number of hydrogen-bond donors (Lipinski definition) is 0. The minimum Gasteiger partial charge on any atom is -0.377 e. The monoisotopic (exact) mass is 334 g/mol. The van der Waals surface area contributed by atoms with Gasteiger partial charge in [-0.3, -0.25) is 0 Å². The highest BCUT2D eigenvalue weighted by Crippen LogP contribution is 2.34. The van der Waals surface area contributed by atoms with Crippen LogP contribution in [0.15, 0.2) is 0 Å². The third-order valence-corrected chi connectivity index (χ3v) is 6.61. The van der Waals surface area contributed by atoms with Gasteiger partial charge >= 0.3 is 0 Å². The molecule has 0 bridgehead atoms. The molecule has 0 radical (unpaired) electrons. The van der Waals surface area contributed by atoms with E-state index in [0.717, 1.165) is 13.0 Å². The molecule has 2 saturated heterocycles. The molecule has 0 aromatic heterocycles. The Bertz CT molecular complexity index is 468. The lowest BCUT2D eigenvalue weighted by Gasteiger charge is -2.31. The standard InChI is InChI=1S/C15H30N2O4S/c1-5-22(18,19)17-6-7-20-12-15(11-17)8-14(10-21-15)9-16(4)13(2)3/h13-14H,5-12H2,1-4H3. The van der Waals surface area contributed by atoms with E-state index in [1.165, 1.54) is 0 Å². The Balaban J connectivity index is 2.04. The Hall–Kier alpha value is -0.210. The molecule has 22 heavy (non-hydrogen) atoms. The molecule has 0 saturated carbocycles. The van der Waals surface area contributed by atoms with Crippen LogP contribution in [-0.2, 0) is 19.5 Å². The first kappa shape index (κ1) is 18.1. The summed E-state index contributed by atoms with van der Waals surface area (Å²) in [6, 6.07) is 0.499. The molecule has 0 aliphatic carbocycles. The quantitative estimate of drug-likeness (QED) is 0.744. The molecule has 2 rings (SSSR count). The number of sulfonamides is 1. The Kier molecular flexibility index (Phi) is 5.88. The average Bonchev–Trinajstić information content (AvgIpc) is 2.71. The number of hydrogen-bond acceptors (Lipinski definition) is 5. The van der Waals surface area contributed by atoms with E-state index in [1.807, 2.05) is 0 Å². The van der Waals surface area contributed by atoms with Crippen LogP contribution in [0.4, 0.5) is 0 Å². The summed E-state index contributed by atoms with van der Waals surface area (Å²) in [6.45, 7) is 9.48. The van der Waals surface area contributed by atoms with E-state index in [0.29, 0.717) is 44.9 Å². The van der Waals surface area contributed by atoms with Crippen LogP contribution in [-0.4, -0.2) is 81.5 Å². The minimum absolute atomic E-state index is 0.128. The van der Waals surface area contributed by atoms with Crippen LogP contribution in [0.25, 0.3) is 0 Å². The molecular formula is C15H30N2O4S. The highest BCUT2D eigenvalue weighted by Gasteiger charge is 2.45. The summed E-state index contributed by atoms with van der Waals surface area (Å²) in [6.07, 6.45) is 0.861. The van der Waals surface area contributed by atoms with Gasteiger partial charge in [-0.2, -0.15) is 4.31 Å². The molecule has 0 aromatic rings. The Morgan fingerprint density at radius 2 is 2.14 bits per heavy atom. The van der Waals surface area contributed by atoms with Gasteiger partial charge < -0.3 is 14.4 Å². The second-order valence-corrected chi connectivity index (χ2v) is 9.14. The first-order valence-electron chi connectivity index (χ1n) is 8.18. The summed E-state index contributed by atoms with van der Waals surface area (Å²) in [5, 5.41) is 0. The highest BCUT2D eigenvalue weighted by molar-refractivity contribution is 7.89. The molecule has 0 N–H and O–H groups in total. The van der Waals surface area contributed by atoms with Crippen LogP contribution in [0, 0.1) is 5.92 Å². The molecule has 0 aromatic carbocycles. The molecule has 2 aliphatic rings. The van der Waals surface area contributed by atoms with Crippen molar-refractivity contribution >= 4 is 10.0 Å². The summed E-state index contributed by atoms with van der Waals surface area (Å²) in [7, 11) is -1.08. The van der Waals surface area contributed by atoms with Crippen LogP contribution in [0.2, 0.25) is 0 Å². The molecule has 1 spiro atoms. The smallest absolute Gasteiger partial charge is 0.214 e. The maximum atomic E-state index is 12.2. The lowest BCUT2D eigenvalue weighted by molar-refractivity contribution is -0.0512. The van der Waals surface area contributed by atoms with Crippen molar-refractivity contribution in [2.45, 2.75) is 38.8 Å². The van der Waals surface area contributed by atoms with Gasteiger partial charge in [-0.25, -0.2) is 8.42 Å². The molecule has 2 atom stereocenters. The number of nitrogens with zero attached hydrogens (tertiary/aromatic N) is 2. The topological polar surface area (TPSA) is 59.1 Å². The Labute approximate surface area is 134 Å². The fourth-order valence-electron chi connectivity index (χ4n) is 3.18. The third-order valence-electron chi connectivity index (χ3n) is 4.79. The van der Waals surface area contributed by atoms with E-state index in [4.69, 9.17) is 9.47 Å². The van der Waals surface area contributed by atoms with Gasteiger partial charge in [-0.05, 0) is 40.2 Å². The van der Waals surface area contributed by atoms with E-state index in [9.17, 15) is 8.42 Å². The zero-order chi connectivity index (χ0) is 16.4. The predicted octanol–water partition coefficient (Wildman–Crippen LogP) is 0.784. The Morgan fingerprint density at radius 1 is 1.41 bits per heavy atom. The average molecular weight is 334 g/mol. The normalized spacial score (nSPS) is 31.3. The Morgan fingerprint density at radius 3 is 2.77 bits per heavy atom. The molecule has 2 aliphatic heterocycles. The highest BCUT2D eigenvalue weighted by atomic mass is 32.2. The van der Waals surface area contributed by atoms with E-state index < -0.39 is 15.6 Å². The van der Waals surface area contributed by atoms with Crippen molar-refractivity contribution in [3.63, 3.8) is 0 Å². The van der Waals surface area contributed by atoms with Crippen LogP contribution in [0.3, 0.4) is 0 Å². The van der Waals surface area contributed by atoms with Crippen LogP contribution in [0.5, 0.6) is 0 Å². The molecule has 130 valence electrons. The van der Waals surface area contributed by atoms with Gasteiger partial charge in [-0.1, -0.05) is 0 Å². The molecule has 7 heteroatoms. The van der Waals surface area contributed by atoms with Crippen molar-refractivity contribution in [2.24, 2.45) is 5.92 Å². The van der Waals surface area contributed by atoms with E-state index >= 15 is 0 Å². The van der Waals surface area contributed by atoms with E-state index in [2.05, 4.69) is 25.8 Å². The summed E-state index contributed by atoms with van der Waals surface area (Å²) in [5.41, 5.74) is -0.471. The zero-order valence-electron chi connectivity index (χ0n) is 14.2. The van der Waals surface area contributed by atoms with Crippen LogP contribution < -0.4 is 0 Å². The summed E-state index contributed by atoms with van der Waals surface area (Å²) < 4.78 is 37.7. The fraction of sp³-hybridized carbons (Fsp3) is 1.00. The fourth-order valence-corrected chi connectivity index (χ4v) is 4.33. The minimum atomic E-state index is -3.20. The van der Waals surface area contributed by atoms with Crippen molar-refractivity contribution < 1.29 is 17.9 Å². The largest absolute Gasteiger partial charge is 0.377 e. The zero-order valence-corrected chi connectivity index (χ0v) is 15.1. The molecular weight excluding hydrogens is 304 g/mol. The number of ether oxygens (including phenoxy) is 2. The summed E-state index contributed by atoms with van der Waals surface area (Å²) in [4.78, 5) is 2.31.